The zero-order valence-corrected chi connectivity index (χ0v) is 13.5. The molecule has 4 rings (SSSR count). The summed E-state index contributed by atoms with van der Waals surface area (Å²) in [5, 5.41) is 1.10. The maximum atomic E-state index is 5.98. The second-order valence-corrected chi connectivity index (χ2v) is 6.07. The van der Waals surface area contributed by atoms with Crippen LogP contribution in [0.4, 0.5) is 0 Å². The highest BCUT2D eigenvalue weighted by Gasteiger charge is 2.27. The molecule has 1 fully saturated rings. The third-order valence-electron chi connectivity index (χ3n) is 4.77. The molecule has 118 valence electrons. The molecule has 1 aliphatic carbocycles. The Kier molecular flexibility index (Phi) is 3.49. The molecule has 1 heterocycles. The van der Waals surface area contributed by atoms with Crippen LogP contribution in [0, 0.1) is 0 Å². The van der Waals surface area contributed by atoms with Crippen LogP contribution in [0.3, 0.4) is 0 Å². The smallest absolute Gasteiger partial charge is 0.135 e. The van der Waals surface area contributed by atoms with Gasteiger partial charge in [0.05, 0.1) is 14.2 Å². The predicted octanol–water partition coefficient (Wildman–Crippen LogP) is 5.38. The SMILES string of the molecule is COc1cc(-c2cc3ccccc3o2)cc(OC)c1C1CCC1. The minimum absolute atomic E-state index is 0.546. The number of furan rings is 1. The van der Waals surface area contributed by atoms with Gasteiger partial charge in [-0.05, 0) is 43.0 Å². The van der Waals surface area contributed by atoms with Crippen molar-refractivity contribution in [2.75, 3.05) is 14.2 Å². The Morgan fingerprint density at radius 3 is 2.22 bits per heavy atom. The number of fused-ring (bicyclic) bond motifs is 1. The normalized spacial score (nSPS) is 14.7. The van der Waals surface area contributed by atoms with E-state index in [0.29, 0.717) is 5.92 Å². The van der Waals surface area contributed by atoms with Gasteiger partial charge in [-0.3, -0.25) is 0 Å². The monoisotopic (exact) mass is 308 g/mol. The Morgan fingerprint density at radius 1 is 0.957 bits per heavy atom. The largest absolute Gasteiger partial charge is 0.496 e. The predicted molar refractivity (Wildman–Crippen MR) is 91.3 cm³/mol. The van der Waals surface area contributed by atoms with Crippen LogP contribution >= 0.6 is 0 Å². The Morgan fingerprint density at radius 2 is 1.65 bits per heavy atom. The molecule has 1 aromatic heterocycles. The van der Waals surface area contributed by atoms with Crippen molar-refractivity contribution in [3.63, 3.8) is 0 Å². The number of rotatable bonds is 4. The molecule has 0 spiro atoms. The van der Waals surface area contributed by atoms with Gasteiger partial charge in [0.1, 0.15) is 22.8 Å². The molecule has 3 nitrogen and oxygen atoms in total. The number of hydrogen-bond acceptors (Lipinski definition) is 3. The lowest BCUT2D eigenvalue weighted by Gasteiger charge is -2.29. The summed E-state index contributed by atoms with van der Waals surface area (Å²) in [6, 6.07) is 14.2. The number of methoxy groups -OCH3 is 2. The molecule has 0 aliphatic heterocycles. The molecule has 0 N–H and O–H groups in total. The Labute approximate surface area is 135 Å². The molecule has 1 saturated carbocycles. The summed E-state index contributed by atoms with van der Waals surface area (Å²) in [4.78, 5) is 0. The van der Waals surface area contributed by atoms with Gasteiger partial charge in [0.2, 0.25) is 0 Å². The molecule has 23 heavy (non-hydrogen) atoms. The van der Waals surface area contributed by atoms with Crippen molar-refractivity contribution >= 4 is 11.0 Å². The van der Waals surface area contributed by atoms with Crippen LogP contribution in [0.25, 0.3) is 22.3 Å². The summed E-state index contributed by atoms with van der Waals surface area (Å²) in [6.45, 7) is 0. The van der Waals surface area contributed by atoms with Crippen LogP contribution in [-0.4, -0.2) is 14.2 Å². The molecule has 0 unspecified atom stereocenters. The molecule has 3 heteroatoms. The third kappa shape index (κ3) is 2.37. The van der Waals surface area contributed by atoms with Gasteiger partial charge < -0.3 is 13.9 Å². The van der Waals surface area contributed by atoms with E-state index < -0.39 is 0 Å². The molecule has 1 aliphatic rings. The fraction of sp³-hybridized carbons (Fsp3) is 0.300. The maximum absolute atomic E-state index is 5.98. The lowest BCUT2D eigenvalue weighted by atomic mass is 9.79. The van der Waals surface area contributed by atoms with E-state index in [-0.39, 0.29) is 0 Å². The quantitative estimate of drug-likeness (QED) is 0.648. The standard InChI is InChI=1S/C20H20O3/c1-21-18-11-15(12-19(22-2)20(18)13-7-5-8-13)17-10-14-6-3-4-9-16(14)23-17/h3-4,6,9-13H,5,7-8H2,1-2H3. The van der Waals surface area contributed by atoms with Crippen LogP contribution in [0.15, 0.2) is 46.9 Å². The lowest BCUT2D eigenvalue weighted by Crippen LogP contribution is -2.11. The number of benzene rings is 2. The summed E-state index contributed by atoms with van der Waals surface area (Å²) in [6.07, 6.45) is 3.69. The highest BCUT2D eigenvalue weighted by molar-refractivity contribution is 5.83. The molecule has 3 aromatic rings. The second-order valence-electron chi connectivity index (χ2n) is 6.07. The first-order chi connectivity index (χ1) is 11.3. The zero-order chi connectivity index (χ0) is 15.8. The van der Waals surface area contributed by atoms with Gasteiger partial charge in [0, 0.05) is 16.5 Å². The number of para-hydroxylation sites is 1. The number of ether oxygens (including phenoxy) is 2. The van der Waals surface area contributed by atoms with Gasteiger partial charge in [0.15, 0.2) is 0 Å². The summed E-state index contributed by atoms with van der Waals surface area (Å²) < 4.78 is 17.3. The highest BCUT2D eigenvalue weighted by Crippen LogP contribution is 2.47. The van der Waals surface area contributed by atoms with Gasteiger partial charge >= 0.3 is 0 Å². The second kappa shape index (κ2) is 5.65. The summed E-state index contributed by atoms with van der Waals surface area (Å²) in [5.41, 5.74) is 3.07. The van der Waals surface area contributed by atoms with Crippen molar-refractivity contribution in [1.82, 2.24) is 0 Å². The van der Waals surface area contributed by atoms with Gasteiger partial charge in [-0.15, -0.1) is 0 Å². The van der Waals surface area contributed by atoms with E-state index in [1.165, 1.54) is 24.8 Å². The van der Waals surface area contributed by atoms with Crippen LogP contribution in [0.2, 0.25) is 0 Å². The lowest BCUT2D eigenvalue weighted by molar-refractivity contribution is 0.347. The Balaban J connectivity index is 1.85. The average Bonchev–Trinajstić information content (AvgIpc) is 2.97. The van der Waals surface area contributed by atoms with E-state index in [4.69, 9.17) is 13.9 Å². The van der Waals surface area contributed by atoms with E-state index >= 15 is 0 Å². The molecule has 0 radical (unpaired) electrons. The van der Waals surface area contributed by atoms with E-state index in [1.807, 2.05) is 18.2 Å². The van der Waals surface area contributed by atoms with Crippen LogP contribution in [-0.2, 0) is 0 Å². The summed E-state index contributed by atoms with van der Waals surface area (Å²) >= 11 is 0. The van der Waals surface area contributed by atoms with Gasteiger partial charge in [-0.1, -0.05) is 24.6 Å². The van der Waals surface area contributed by atoms with Gasteiger partial charge in [-0.25, -0.2) is 0 Å². The van der Waals surface area contributed by atoms with E-state index in [0.717, 1.165) is 33.8 Å². The van der Waals surface area contributed by atoms with Crippen molar-refractivity contribution in [1.29, 1.82) is 0 Å². The third-order valence-corrected chi connectivity index (χ3v) is 4.77. The first kappa shape index (κ1) is 14.2. The minimum atomic E-state index is 0.546. The average molecular weight is 308 g/mol. The Bertz CT molecular complexity index is 785. The first-order valence-corrected chi connectivity index (χ1v) is 8.05. The molecule has 0 bridgehead atoms. The van der Waals surface area contributed by atoms with Crippen molar-refractivity contribution < 1.29 is 13.9 Å². The van der Waals surface area contributed by atoms with Crippen LogP contribution in [0.1, 0.15) is 30.7 Å². The molecule has 0 atom stereocenters. The molecule has 0 saturated heterocycles. The topological polar surface area (TPSA) is 31.6 Å². The van der Waals surface area contributed by atoms with Crippen molar-refractivity contribution in [3.05, 3.63) is 48.0 Å². The first-order valence-electron chi connectivity index (χ1n) is 8.05. The van der Waals surface area contributed by atoms with Crippen molar-refractivity contribution in [3.8, 4) is 22.8 Å². The molecule has 0 amide bonds. The molecular formula is C20H20O3. The van der Waals surface area contributed by atoms with E-state index in [2.05, 4.69) is 24.3 Å². The Hall–Kier alpha value is -2.42. The highest BCUT2D eigenvalue weighted by atomic mass is 16.5. The minimum Gasteiger partial charge on any atom is -0.496 e. The zero-order valence-electron chi connectivity index (χ0n) is 13.5. The van der Waals surface area contributed by atoms with Crippen LogP contribution < -0.4 is 9.47 Å². The summed E-state index contributed by atoms with van der Waals surface area (Å²) in [5.74, 6) is 3.17. The van der Waals surface area contributed by atoms with Gasteiger partial charge in [0.25, 0.3) is 0 Å². The van der Waals surface area contributed by atoms with Gasteiger partial charge in [-0.2, -0.15) is 0 Å². The fourth-order valence-electron chi connectivity index (χ4n) is 3.30. The van der Waals surface area contributed by atoms with Crippen LogP contribution in [0.5, 0.6) is 11.5 Å². The maximum Gasteiger partial charge on any atom is 0.135 e. The fourth-order valence-corrected chi connectivity index (χ4v) is 3.30. The van der Waals surface area contributed by atoms with E-state index in [9.17, 15) is 0 Å². The molecule has 2 aromatic carbocycles. The number of hydrogen-bond donors (Lipinski definition) is 0. The molecular weight excluding hydrogens is 288 g/mol. The summed E-state index contributed by atoms with van der Waals surface area (Å²) in [7, 11) is 3.44. The van der Waals surface area contributed by atoms with Crippen molar-refractivity contribution in [2.24, 2.45) is 0 Å². The van der Waals surface area contributed by atoms with E-state index in [1.54, 1.807) is 14.2 Å². The van der Waals surface area contributed by atoms with Crippen molar-refractivity contribution in [2.45, 2.75) is 25.2 Å².